The molecule has 7 heteroatoms. The lowest BCUT2D eigenvalue weighted by molar-refractivity contribution is 0.387. The Labute approximate surface area is 127 Å². The number of hydrogen-bond donors (Lipinski definition) is 1. The van der Waals surface area contributed by atoms with Crippen LogP contribution >= 0.6 is 0 Å². The molecule has 1 aliphatic rings. The van der Waals surface area contributed by atoms with Gasteiger partial charge in [-0.25, -0.2) is 12.7 Å². The second-order valence-electron chi connectivity index (χ2n) is 5.95. The van der Waals surface area contributed by atoms with Gasteiger partial charge in [-0.15, -0.1) is 0 Å². The van der Waals surface area contributed by atoms with Crippen molar-refractivity contribution in [3.63, 3.8) is 0 Å². The van der Waals surface area contributed by atoms with Crippen molar-refractivity contribution < 1.29 is 8.42 Å². The van der Waals surface area contributed by atoms with Gasteiger partial charge in [0.15, 0.2) is 0 Å². The molecule has 0 bridgehead atoms. The third-order valence-electron chi connectivity index (χ3n) is 4.31. The maximum atomic E-state index is 12.8. The zero-order chi connectivity index (χ0) is 15.6. The van der Waals surface area contributed by atoms with Crippen LogP contribution in [0.4, 0.5) is 0 Å². The molecule has 0 amide bonds. The van der Waals surface area contributed by atoms with Crippen molar-refractivity contribution in [2.45, 2.75) is 51.0 Å². The van der Waals surface area contributed by atoms with Crippen molar-refractivity contribution in [3.05, 3.63) is 11.4 Å². The summed E-state index contributed by atoms with van der Waals surface area (Å²) in [7, 11) is -1.80. The van der Waals surface area contributed by atoms with Crippen LogP contribution in [0.25, 0.3) is 0 Å². The zero-order valence-electron chi connectivity index (χ0n) is 13.2. The molecular formula is C14H26N4O2S. The van der Waals surface area contributed by atoms with E-state index in [-0.39, 0.29) is 0 Å². The van der Waals surface area contributed by atoms with E-state index in [1.807, 2.05) is 0 Å². The lowest BCUT2D eigenvalue weighted by Gasteiger charge is -2.21. The molecular weight excluding hydrogens is 288 g/mol. The van der Waals surface area contributed by atoms with Crippen molar-refractivity contribution in [1.82, 2.24) is 14.1 Å². The number of nitrogens with two attached hydrogens (primary N) is 1. The normalized spacial score (nSPS) is 17.0. The molecule has 21 heavy (non-hydrogen) atoms. The first kappa shape index (κ1) is 16.5. The molecule has 1 aromatic heterocycles. The van der Waals surface area contributed by atoms with Gasteiger partial charge in [0.2, 0.25) is 10.0 Å². The van der Waals surface area contributed by atoms with Crippen LogP contribution in [-0.4, -0.2) is 42.6 Å². The minimum Gasteiger partial charge on any atom is -0.329 e. The zero-order valence-corrected chi connectivity index (χ0v) is 14.0. The maximum absolute atomic E-state index is 12.8. The monoisotopic (exact) mass is 314 g/mol. The number of nitrogens with zero attached hydrogens (tertiary/aromatic N) is 3. The van der Waals surface area contributed by atoms with Crippen LogP contribution in [0.15, 0.2) is 4.90 Å². The predicted molar refractivity (Wildman–Crippen MR) is 82.5 cm³/mol. The fraction of sp³-hybridized carbons (Fsp3) is 0.786. The second-order valence-corrected chi connectivity index (χ2v) is 7.93. The summed E-state index contributed by atoms with van der Waals surface area (Å²) in [5.41, 5.74) is 6.78. The molecule has 1 fully saturated rings. The number of aryl methyl sites for hydroxylation is 1. The third-order valence-corrected chi connectivity index (χ3v) is 6.39. The Hall–Kier alpha value is -0.920. The Balaban J connectivity index is 2.25. The number of rotatable bonds is 6. The smallest absolute Gasteiger partial charge is 0.246 e. The molecule has 0 aliphatic heterocycles. The maximum Gasteiger partial charge on any atom is 0.246 e. The van der Waals surface area contributed by atoms with Gasteiger partial charge in [0.1, 0.15) is 4.90 Å². The molecule has 2 rings (SSSR count). The highest BCUT2D eigenvalue weighted by atomic mass is 32.2. The first-order valence-electron chi connectivity index (χ1n) is 7.58. The van der Waals surface area contributed by atoms with Crippen LogP contribution in [0.2, 0.25) is 0 Å². The van der Waals surface area contributed by atoms with E-state index in [0.717, 1.165) is 12.8 Å². The summed E-state index contributed by atoms with van der Waals surface area (Å²) >= 11 is 0. The Morgan fingerprint density at radius 2 is 1.95 bits per heavy atom. The van der Waals surface area contributed by atoms with E-state index in [9.17, 15) is 8.42 Å². The fourth-order valence-electron chi connectivity index (χ4n) is 3.20. The number of hydrogen-bond acceptors (Lipinski definition) is 4. The van der Waals surface area contributed by atoms with Gasteiger partial charge in [-0.2, -0.15) is 5.10 Å². The van der Waals surface area contributed by atoms with Crippen LogP contribution in [0, 0.1) is 19.8 Å². The van der Waals surface area contributed by atoms with E-state index in [1.165, 1.54) is 17.1 Å². The molecule has 1 aliphatic carbocycles. The van der Waals surface area contributed by atoms with Crippen molar-refractivity contribution in [2.75, 3.05) is 20.1 Å². The molecule has 0 unspecified atom stereocenters. The van der Waals surface area contributed by atoms with Crippen LogP contribution in [-0.2, 0) is 16.6 Å². The first-order chi connectivity index (χ1) is 9.87. The van der Waals surface area contributed by atoms with Gasteiger partial charge in [0, 0.05) is 20.1 Å². The highest BCUT2D eigenvalue weighted by molar-refractivity contribution is 7.89. The quantitative estimate of drug-likeness (QED) is 0.857. The largest absolute Gasteiger partial charge is 0.329 e. The summed E-state index contributed by atoms with van der Waals surface area (Å²) in [5.74, 6) is 0.490. The fourth-order valence-corrected chi connectivity index (χ4v) is 4.82. The van der Waals surface area contributed by atoms with Gasteiger partial charge in [0.05, 0.1) is 17.9 Å². The molecule has 1 heterocycles. The summed E-state index contributed by atoms with van der Waals surface area (Å²) in [6.45, 7) is 5.12. The van der Waals surface area contributed by atoms with E-state index in [4.69, 9.17) is 5.73 Å². The van der Waals surface area contributed by atoms with E-state index < -0.39 is 10.0 Å². The highest BCUT2D eigenvalue weighted by Gasteiger charge is 2.30. The van der Waals surface area contributed by atoms with Crippen molar-refractivity contribution in [3.8, 4) is 0 Å². The molecule has 0 aromatic carbocycles. The molecule has 0 spiro atoms. The summed E-state index contributed by atoms with van der Waals surface area (Å²) in [6, 6.07) is 0. The minimum atomic E-state index is -3.48. The van der Waals surface area contributed by atoms with Gasteiger partial charge in [-0.1, -0.05) is 12.8 Å². The Bertz CT molecular complexity index is 588. The summed E-state index contributed by atoms with van der Waals surface area (Å²) in [4.78, 5) is 0.344. The Kier molecular flexibility index (Phi) is 5.06. The topological polar surface area (TPSA) is 81.2 Å². The SMILES string of the molecule is Cc1nn(CCN)c(C)c1S(=O)(=O)N(C)CC1CCCC1. The first-order valence-corrected chi connectivity index (χ1v) is 9.02. The molecule has 0 atom stereocenters. The van der Waals surface area contributed by atoms with Gasteiger partial charge < -0.3 is 5.73 Å². The van der Waals surface area contributed by atoms with Gasteiger partial charge in [-0.3, -0.25) is 4.68 Å². The van der Waals surface area contributed by atoms with Crippen LogP contribution < -0.4 is 5.73 Å². The van der Waals surface area contributed by atoms with Crippen molar-refractivity contribution in [2.24, 2.45) is 11.7 Å². The Morgan fingerprint density at radius 1 is 1.33 bits per heavy atom. The van der Waals surface area contributed by atoms with E-state index in [0.29, 0.717) is 41.8 Å². The molecule has 1 saturated carbocycles. The second kappa shape index (κ2) is 6.46. The third kappa shape index (κ3) is 3.30. The number of aromatic nitrogens is 2. The van der Waals surface area contributed by atoms with Crippen molar-refractivity contribution in [1.29, 1.82) is 0 Å². The van der Waals surface area contributed by atoms with E-state index >= 15 is 0 Å². The Morgan fingerprint density at radius 3 is 2.52 bits per heavy atom. The van der Waals surface area contributed by atoms with E-state index in [2.05, 4.69) is 5.10 Å². The molecule has 120 valence electrons. The lowest BCUT2D eigenvalue weighted by atomic mass is 10.1. The molecule has 2 N–H and O–H groups in total. The van der Waals surface area contributed by atoms with Gasteiger partial charge >= 0.3 is 0 Å². The summed E-state index contributed by atoms with van der Waals surface area (Å²) in [6.07, 6.45) is 4.69. The molecule has 1 aromatic rings. The van der Waals surface area contributed by atoms with Crippen LogP contribution in [0.1, 0.15) is 37.1 Å². The lowest BCUT2D eigenvalue weighted by Crippen LogP contribution is -2.32. The van der Waals surface area contributed by atoms with Crippen molar-refractivity contribution >= 4 is 10.0 Å². The van der Waals surface area contributed by atoms with Crippen LogP contribution in [0.3, 0.4) is 0 Å². The molecule has 0 saturated heterocycles. The average Bonchev–Trinajstić information content (AvgIpc) is 2.99. The van der Waals surface area contributed by atoms with E-state index in [1.54, 1.807) is 25.6 Å². The average molecular weight is 314 g/mol. The molecule has 0 radical (unpaired) electrons. The summed E-state index contributed by atoms with van der Waals surface area (Å²) < 4.78 is 28.8. The molecule has 6 nitrogen and oxygen atoms in total. The minimum absolute atomic E-state index is 0.344. The summed E-state index contributed by atoms with van der Waals surface area (Å²) in [5, 5.41) is 4.31. The van der Waals surface area contributed by atoms with Gasteiger partial charge in [0.25, 0.3) is 0 Å². The highest BCUT2D eigenvalue weighted by Crippen LogP contribution is 2.28. The predicted octanol–water partition coefficient (Wildman–Crippen LogP) is 1.27. The van der Waals surface area contributed by atoms with Gasteiger partial charge in [-0.05, 0) is 32.6 Å². The number of sulfonamides is 1. The van der Waals surface area contributed by atoms with Crippen LogP contribution in [0.5, 0.6) is 0 Å². The standard InChI is InChI=1S/C14H26N4O2S/c1-11-14(12(2)18(16-11)9-8-15)21(19,20)17(3)10-13-6-4-5-7-13/h13H,4-10,15H2,1-3H3.